The van der Waals surface area contributed by atoms with E-state index in [0.717, 1.165) is 28.8 Å². The van der Waals surface area contributed by atoms with E-state index in [4.69, 9.17) is 33.0 Å². The van der Waals surface area contributed by atoms with E-state index in [0.29, 0.717) is 15.8 Å². The van der Waals surface area contributed by atoms with Crippen molar-refractivity contribution in [2.45, 2.75) is 18.7 Å². The lowest BCUT2D eigenvalue weighted by Gasteiger charge is -2.38. The van der Waals surface area contributed by atoms with Gasteiger partial charge in [0.15, 0.2) is 0 Å². The molecule has 1 aromatic heterocycles. The Hall–Kier alpha value is -3.08. The molecule has 6 rings (SSSR count). The van der Waals surface area contributed by atoms with Crippen LogP contribution in [0, 0.1) is 0 Å². The number of fused-ring (bicyclic) bond motifs is 4. The van der Waals surface area contributed by atoms with Crippen LogP contribution in [0.2, 0.25) is 10.0 Å². The van der Waals surface area contributed by atoms with Crippen LogP contribution in [-0.4, -0.2) is 15.7 Å². The molecule has 31 heavy (non-hydrogen) atoms. The Morgan fingerprint density at radius 3 is 2.55 bits per heavy atom. The van der Waals surface area contributed by atoms with E-state index >= 15 is 0 Å². The maximum Gasteiger partial charge on any atom is 0.214 e. The summed E-state index contributed by atoms with van der Waals surface area (Å²) in [6.45, 7) is 0. The first-order valence-corrected chi connectivity index (χ1v) is 10.8. The molecular formula is C25H17Cl2N3O. The van der Waals surface area contributed by atoms with Gasteiger partial charge in [-0.1, -0.05) is 59.6 Å². The summed E-state index contributed by atoms with van der Waals surface area (Å²) in [5.74, 6) is 0.670. The molecule has 0 amide bonds. The Labute approximate surface area is 189 Å². The molecule has 4 aromatic rings. The highest BCUT2D eigenvalue weighted by molar-refractivity contribution is 6.35. The van der Waals surface area contributed by atoms with Gasteiger partial charge in [0.25, 0.3) is 0 Å². The quantitative estimate of drug-likeness (QED) is 0.341. The first-order chi connectivity index (χ1) is 15.2. The highest BCUT2D eigenvalue weighted by atomic mass is 35.5. The molecule has 0 spiro atoms. The highest BCUT2D eigenvalue weighted by Gasteiger charge is 2.42. The van der Waals surface area contributed by atoms with E-state index in [-0.39, 0.29) is 6.04 Å². The fourth-order valence-electron chi connectivity index (χ4n) is 4.41. The Morgan fingerprint density at radius 1 is 0.903 bits per heavy atom. The van der Waals surface area contributed by atoms with Crippen LogP contribution in [0.3, 0.4) is 0 Å². The zero-order valence-corrected chi connectivity index (χ0v) is 17.9. The summed E-state index contributed by atoms with van der Waals surface area (Å²) in [5, 5.41) is 10.6. The van der Waals surface area contributed by atoms with Gasteiger partial charge in [-0.15, -0.1) is 0 Å². The van der Waals surface area contributed by atoms with Gasteiger partial charge >= 0.3 is 0 Å². The molecule has 152 valence electrons. The molecule has 6 heteroatoms. The van der Waals surface area contributed by atoms with E-state index in [1.54, 1.807) is 18.5 Å². The van der Waals surface area contributed by atoms with Crippen molar-refractivity contribution in [2.24, 2.45) is 5.10 Å². The Kier molecular flexibility index (Phi) is 4.37. The summed E-state index contributed by atoms with van der Waals surface area (Å²) in [4.78, 5) is 4.14. The third kappa shape index (κ3) is 3.14. The molecule has 0 saturated carbocycles. The number of hydrazone groups is 1. The number of benzene rings is 3. The molecule has 3 heterocycles. The maximum absolute atomic E-state index is 6.53. The monoisotopic (exact) mass is 445 g/mol. The number of hydrogen-bond donors (Lipinski definition) is 0. The number of nitrogens with zero attached hydrogens (tertiary/aromatic N) is 3. The van der Waals surface area contributed by atoms with Crippen molar-refractivity contribution < 1.29 is 4.74 Å². The summed E-state index contributed by atoms with van der Waals surface area (Å²) >= 11 is 12.9. The van der Waals surface area contributed by atoms with Gasteiger partial charge < -0.3 is 4.74 Å². The number of aromatic nitrogens is 1. The minimum Gasteiger partial charge on any atom is -0.463 e. The standard InChI is InChI=1S/C25H17Cl2N3O/c26-19-12-20-23-14-22(18-6-5-15-3-1-2-4-17(15)11-18)29-30(23)25(16-7-9-28-10-8-16)31-24(20)21(27)13-19/h1-13,23,25H,14H2/t23-,25+/m1/s1. The third-order valence-electron chi connectivity index (χ3n) is 5.88. The van der Waals surface area contributed by atoms with Crippen molar-refractivity contribution in [3.05, 3.63) is 106 Å². The van der Waals surface area contributed by atoms with Gasteiger partial charge in [0, 0.05) is 35.0 Å². The largest absolute Gasteiger partial charge is 0.463 e. The SMILES string of the molecule is Clc1cc(Cl)c2c(c1)[C@H]1CC(c3ccc4ccccc4c3)=NN1[C@H](c1ccncc1)O2. The van der Waals surface area contributed by atoms with Gasteiger partial charge in [-0.3, -0.25) is 4.98 Å². The summed E-state index contributed by atoms with van der Waals surface area (Å²) in [7, 11) is 0. The summed E-state index contributed by atoms with van der Waals surface area (Å²) in [6.07, 6.45) is 3.87. The molecule has 0 fully saturated rings. The highest BCUT2D eigenvalue weighted by Crippen LogP contribution is 2.50. The molecule has 3 aromatic carbocycles. The average Bonchev–Trinajstić information content (AvgIpc) is 3.25. The van der Waals surface area contributed by atoms with Gasteiger partial charge in [0.1, 0.15) is 5.75 Å². The maximum atomic E-state index is 6.53. The lowest BCUT2D eigenvalue weighted by molar-refractivity contribution is -0.0189. The van der Waals surface area contributed by atoms with Crippen LogP contribution >= 0.6 is 23.2 Å². The zero-order chi connectivity index (χ0) is 20.9. The second-order valence-electron chi connectivity index (χ2n) is 7.77. The average molecular weight is 446 g/mol. The molecule has 0 radical (unpaired) electrons. The van der Waals surface area contributed by atoms with Crippen molar-refractivity contribution in [1.82, 2.24) is 9.99 Å². The second kappa shape index (κ2) is 7.26. The molecule has 0 aliphatic carbocycles. The molecule has 2 atom stereocenters. The predicted octanol–water partition coefficient (Wildman–Crippen LogP) is 6.78. The zero-order valence-electron chi connectivity index (χ0n) is 16.4. The normalized spacial score (nSPS) is 19.5. The molecule has 0 N–H and O–H groups in total. The van der Waals surface area contributed by atoms with Crippen LogP contribution in [0.1, 0.15) is 35.4 Å². The van der Waals surface area contributed by atoms with E-state index < -0.39 is 6.23 Å². The van der Waals surface area contributed by atoms with Crippen molar-refractivity contribution in [3.8, 4) is 5.75 Å². The lowest BCUT2D eigenvalue weighted by atomic mass is 9.95. The number of pyridine rings is 1. The first-order valence-electron chi connectivity index (χ1n) is 10.1. The van der Waals surface area contributed by atoms with E-state index in [1.165, 1.54) is 10.8 Å². The number of ether oxygens (including phenoxy) is 1. The number of halogens is 2. The van der Waals surface area contributed by atoms with E-state index in [2.05, 4.69) is 47.4 Å². The fourth-order valence-corrected chi connectivity index (χ4v) is 4.96. The third-order valence-corrected chi connectivity index (χ3v) is 6.38. The van der Waals surface area contributed by atoms with Crippen LogP contribution in [0.5, 0.6) is 5.75 Å². The topological polar surface area (TPSA) is 37.7 Å². The van der Waals surface area contributed by atoms with Crippen LogP contribution < -0.4 is 4.74 Å². The minimum absolute atomic E-state index is 0.0143. The minimum atomic E-state index is -0.392. The van der Waals surface area contributed by atoms with E-state index in [9.17, 15) is 0 Å². The first kappa shape index (κ1) is 18.7. The van der Waals surface area contributed by atoms with Gasteiger partial charge in [-0.2, -0.15) is 5.10 Å². The smallest absolute Gasteiger partial charge is 0.214 e. The molecule has 2 aliphatic heterocycles. The van der Waals surface area contributed by atoms with Crippen molar-refractivity contribution in [3.63, 3.8) is 0 Å². The Balaban J connectivity index is 1.48. The van der Waals surface area contributed by atoms with Crippen LogP contribution in [0.15, 0.2) is 84.2 Å². The molecule has 2 aliphatic rings. The van der Waals surface area contributed by atoms with Crippen LogP contribution in [0.25, 0.3) is 10.8 Å². The summed E-state index contributed by atoms with van der Waals surface area (Å²) in [5.41, 5.74) is 4.06. The van der Waals surface area contributed by atoms with Crippen molar-refractivity contribution >= 4 is 39.7 Å². The van der Waals surface area contributed by atoms with Crippen LogP contribution in [0.4, 0.5) is 0 Å². The molecular weight excluding hydrogens is 429 g/mol. The van der Waals surface area contributed by atoms with Crippen molar-refractivity contribution in [2.75, 3.05) is 0 Å². The van der Waals surface area contributed by atoms with E-state index in [1.807, 2.05) is 23.2 Å². The Morgan fingerprint density at radius 2 is 1.71 bits per heavy atom. The van der Waals surface area contributed by atoms with Gasteiger partial charge in [-0.25, -0.2) is 5.01 Å². The molecule has 0 bridgehead atoms. The van der Waals surface area contributed by atoms with Gasteiger partial charge in [0.2, 0.25) is 6.23 Å². The fraction of sp³-hybridized carbons (Fsp3) is 0.120. The Bertz CT molecular complexity index is 1340. The molecule has 0 unspecified atom stereocenters. The van der Waals surface area contributed by atoms with Gasteiger partial charge in [0.05, 0.1) is 16.8 Å². The number of rotatable bonds is 2. The van der Waals surface area contributed by atoms with Crippen molar-refractivity contribution in [1.29, 1.82) is 0 Å². The summed E-state index contributed by atoms with van der Waals surface area (Å²) in [6, 6.07) is 22.3. The number of hydrogen-bond acceptors (Lipinski definition) is 4. The lowest BCUT2D eigenvalue weighted by Crippen LogP contribution is -2.33. The molecule has 0 saturated heterocycles. The predicted molar refractivity (Wildman–Crippen MR) is 124 cm³/mol. The summed E-state index contributed by atoms with van der Waals surface area (Å²) < 4.78 is 6.37. The van der Waals surface area contributed by atoms with Crippen LogP contribution in [-0.2, 0) is 0 Å². The van der Waals surface area contributed by atoms with Gasteiger partial charge in [-0.05, 0) is 46.7 Å². The second-order valence-corrected chi connectivity index (χ2v) is 8.61. The molecule has 4 nitrogen and oxygen atoms in total.